The smallest absolute Gasteiger partial charge is 0.236 e. The van der Waals surface area contributed by atoms with Crippen molar-refractivity contribution in [2.24, 2.45) is 0 Å². The quantitative estimate of drug-likeness (QED) is 0.608. The molecule has 0 spiro atoms. The number of nitrogens with one attached hydrogen (secondary N) is 1. The predicted octanol–water partition coefficient (Wildman–Crippen LogP) is 5.28. The van der Waals surface area contributed by atoms with E-state index in [2.05, 4.69) is 5.32 Å². The first-order valence-corrected chi connectivity index (χ1v) is 12.1. The Morgan fingerprint density at radius 2 is 1.45 bits per heavy atom. The lowest BCUT2D eigenvalue weighted by molar-refractivity contribution is -0.116. The highest BCUT2D eigenvalue weighted by atomic mass is 32.2. The zero-order valence-electron chi connectivity index (χ0n) is 17.0. The number of benzene rings is 3. The molecule has 0 aromatic heterocycles. The molecule has 6 heteroatoms. The molecule has 1 heterocycles. The summed E-state index contributed by atoms with van der Waals surface area (Å²) in [5.74, 6) is 0.535. The maximum absolute atomic E-state index is 13.4. The third-order valence-corrected chi connectivity index (χ3v) is 8.37. The third-order valence-electron chi connectivity index (χ3n) is 6.11. The number of sulfone groups is 1. The highest BCUT2D eigenvalue weighted by Crippen LogP contribution is 2.44. The summed E-state index contributed by atoms with van der Waals surface area (Å²) in [6.45, 7) is 0. The number of carbonyl (C=O) groups is 1. The molecule has 5 rings (SSSR count). The van der Waals surface area contributed by atoms with Gasteiger partial charge in [0, 0.05) is 16.8 Å². The monoisotopic (exact) mass is 433 g/mol. The first-order chi connectivity index (χ1) is 15.0. The van der Waals surface area contributed by atoms with Crippen LogP contribution in [-0.2, 0) is 14.6 Å². The summed E-state index contributed by atoms with van der Waals surface area (Å²) in [5, 5.41) is 2.61. The molecule has 1 aliphatic carbocycles. The van der Waals surface area contributed by atoms with Crippen molar-refractivity contribution in [3.8, 4) is 11.5 Å². The van der Waals surface area contributed by atoms with Gasteiger partial charge in [-0.05, 0) is 43.2 Å². The zero-order valence-corrected chi connectivity index (χ0v) is 17.8. The van der Waals surface area contributed by atoms with Crippen molar-refractivity contribution in [1.82, 2.24) is 0 Å². The summed E-state index contributed by atoms with van der Waals surface area (Å²) in [6, 6.07) is 21.6. The van der Waals surface area contributed by atoms with Crippen LogP contribution in [0.15, 0.2) is 77.7 Å². The Morgan fingerprint density at radius 1 is 0.839 bits per heavy atom. The normalized spacial score (nSPS) is 16.3. The molecule has 3 aromatic carbocycles. The SMILES string of the molecule is O=C(Nc1cccc(S(=O)(=O)C2CCCC2)c1)C1c2ccccc2Oc2ccccc21. The molecular formula is C25H23NO4S. The minimum Gasteiger partial charge on any atom is -0.457 e. The van der Waals surface area contributed by atoms with Gasteiger partial charge in [0.25, 0.3) is 0 Å². The Hall–Kier alpha value is -3.12. The highest BCUT2D eigenvalue weighted by molar-refractivity contribution is 7.92. The second kappa shape index (κ2) is 7.85. The number of anilines is 1. The van der Waals surface area contributed by atoms with Crippen LogP contribution < -0.4 is 10.1 Å². The van der Waals surface area contributed by atoms with Gasteiger partial charge in [0.1, 0.15) is 11.5 Å². The van der Waals surface area contributed by atoms with E-state index in [9.17, 15) is 13.2 Å². The molecule has 1 saturated carbocycles. The molecule has 0 atom stereocenters. The topological polar surface area (TPSA) is 72.5 Å². The molecule has 158 valence electrons. The van der Waals surface area contributed by atoms with E-state index in [4.69, 9.17) is 4.74 Å². The molecule has 2 aliphatic rings. The fraction of sp³-hybridized carbons (Fsp3) is 0.240. The van der Waals surface area contributed by atoms with Crippen molar-refractivity contribution in [3.05, 3.63) is 83.9 Å². The minimum absolute atomic E-state index is 0.224. The summed E-state index contributed by atoms with van der Waals surface area (Å²) < 4.78 is 31.9. The first-order valence-electron chi connectivity index (χ1n) is 10.5. The fourth-order valence-corrected chi connectivity index (χ4v) is 6.45. The summed E-state index contributed by atoms with van der Waals surface area (Å²) in [4.78, 5) is 13.7. The lowest BCUT2D eigenvalue weighted by Gasteiger charge is -2.27. The van der Waals surface area contributed by atoms with Crippen LogP contribution in [0, 0.1) is 0 Å². The lowest BCUT2D eigenvalue weighted by Crippen LogP contribution is -2.25. The fourth-order valence-electron chi connectivity index (χ4n) is 4.55. The number of amides is 1. The van der Waals surface area contributed by atoms with Gasteiger partial charge in [-0.15, -0.1) is 0 Å². The molecule has 3 aromatic rings. The maximum Gasteiger partial charge on any atom is 0.236 e. The Balaban J connectivity index is 1.47. The molecule has 1 N–H and O–H groups in total. The average Bonchev–Trinajstić information content (AvgIpc) is 3.33. The maximum atomic E-state index is 13.4. The molecule has 5 nitrogen and oxygen atoms in total. The Morgan fingerprint density at radius 3 is 2.10 bits per heavy atom. The van der Waals surface area contributed by atoms with Crippen LogP contribution in [0.4, 0.5) is 5.69 Å². The van der Waals surface area contributed by atoms with Gasteiger partial charge in [-0.2, -0.15) is 0 Å². The molecule has 0 bridgehead atoms. The molecule has 0 unspecified atom stereocenters. The molecule has 1 fully saturated rings. The lowest BCUT2D eigenvalue weighted by atomic mass is 9.87. The van der Waals surface area contributed by atoms with Crippen molar-refractivity contribution >= 4 is 21.4 Å². The van der Waals surface area contributed by atoms with E-state index in [0.29, 0.717) is 30.0 Å². The van der Waals surface area contributed by atoms with E-state index in [1.54, 1.807) is 24.3 Å². The van der Waals surface area contributed by atoms with Crippen LogP contribution in [0.2, 0.25) is 0 Å². The van der Waals surface area contributed by atoms with E-state index in [-0.39, 0.29) is 16.1 Å². The van der Waals surface area contributed by atoms with Crippen molar-refractivity contribution < 1.29 is 17.9 Å². The van der Waals surface area contributed by atoms with Gasteiger partial charge in [-0.3, -0.25) is 4.79 Å². The Labute approximate surface area is 182 Å². The molecular weight excluding hydrogens is 410 g/mol. The summed E-state index contributed by atoms with van der Waals surface area (Å²) >= 11 is 0. The third kappa shape index (κ3) is 3.61. The van der Waals surface area contributed by atoms with E-state index < -0.39 is 15.8 Å². The van der Waals surface area contributed by atoms with E-state index in [1.165, 1.54) is 0 Å². The summed E-state index contributed by atoms with van der Waals surface area (Å²) in [5.41, 5.74) is 2.05. The molecule has 31 heavy (non-hydrogen) atoms. The van der Waals surface area contributed by atoms with Gasteiger partial charge in [-0.25, -0.2) is 8.42 Å². The zero-order chi connectivity index (χ0) is 21.4. The number of carbonyl (C=O) groups excluding carboxylic acids is 1. The average molecular weight is 434 g/mol. The van der Waals surface area contributed by atoms with Gasteiger partial charge < -0.3 is 10.1 Å². The van der Waals surface area contributed by atoms with E-state index in [0.717, 1.165) is 24.0 Å². The number of ether oxygens (including phenoxy) is 1. The van der Waals surface area contributed by atoms with Gasteiger partial charge in [-0.1, -0.05) is 55.3 Å². The number of para-hydroxylation sites is 2. The summed E-state index contributed by atoms with van der Waals surface area (Å²) in [7, 11) is -3.39. The van der Waals surface area contributed by atoms with Crippen molar-refractivity contribution in [3.63, 3.8) is 0 Å². The van der Waals surface area contributed by atoms with Crippen LogP contribution in [-0.4, -0.2) is 19.6 Å². The standard InChI is InChI=1S/C25H23NO4S/c27-25(24-20-12-3-5-14-22(20)30-23-15-6-4-13-21(23)24)26-17-8-7-11-19(16-17)31(28,29)18-9-1-2-10-18/h3-8,11-16,18,24H,1-2,9-10H2,(H,26,27). The van der Waals surface area contributed by atoms with E-state index in [1.807, 2.05) is 48.5 Å². The van der Waals surface area contributed by atoms with Crippen LogP contribution in [0.3, 0.4) is 0 Å². The second-order valence-corrected chi connectivity index (χ2v) is 10.3. The van der Waals surface area contributed by atoms with E-state index >= 15 is 0 Å². The molecule has 1 amide bonds. The van der Waals surface area contributed by atoms with Gasteiger partial charge in [0.05, 0.1) is 16.1 Å². The summed E-state index contributed by atoms with van der Waals surface area (Å²) in [6.07, 6.45) is 3.30. The number of fused-ring (bicyclic) bond motifs is 2. The second-order valence-electron chi connectivity index (χ2n) is 8.08. The number of rotatable bonds is 4. The molecule has 0 radical (unpaired) electrons. The van der Waals surface area contributed by atoms with Crippen molar-refractivity contribution in [1.29, 1.82) is 0 Å². The number of hydrogen-bond acceptors (Lipinski definition) is 4. The minimum atomic E-state index is -3.39. The Kier molecular flexibility index (Phi) is 5.02. The van der Waals surface area contributed by atoms with Gasteiger partial charge >= 0.3 is 0 Å². The number of hydrogen-bond donors (Lipinski definition) is 1. The van der Waals surface area contributed by atoms with Crippen molar-refractivity contribution in [2.75, 3.05) is 5.32 Å². The molecule has 0 saturated heterocycles. The van der Waals surface area contributed by atoms with Gasteiger partial charge in [0.2, 0.25) is 5.91 Å². The van der Waals surface area contributed by atoms with Crippen LogP contribution in [0.1, 0.15) is 42.7 Å². The van der Waals surface area contributed by atoms with Gasteiger partial charge in [0.15, 0.2) is 9.84 Å². The van der Waals surface area contributed by atoms with Crippen LogP contribution in [0.25, 0.3) is 0 Å². The first kappa shape index (κ1) is 19.8. The highest BCUT2D eigenvalue weighted by Gasteiger charge is 2.33. The molecule has 1 aliphatic heterocycles. The predicted molar refractivity (Wildman–Crippen MR) is 119 cm³/mol. The van der Waals surface area contributed by atoms with Crippen LogP contribution in [0.5, 0.6) is 11.5 Å². The largest absolute Gasteiger partial charge is 0.457 e. The van der Waals surface area contributed by atoms with Crippen LogP contribution >= 0.6 is 0 Å². The van der Waals surface area contributed by atoms with Crippen molar-refractivity contribution in [2.45, 2.75) is 41.7 Å². The Bertz CT molecular complexity index is 1200.